The molecule has 0 spiro atoms. The van der Waals surface area contributed by atoms with Gasteiger partial charge >= 0.3 is 0 Å². The summed E-state index contributed by atoms with van der Waals surface area (Å²) in [6, 6.07) is 10.8. The molecular weight excluding hydrogens is 398 g/mol. The molecule has 1 aromatic carbocycles. The highest BCUT2D eigenvalue weighted by atomic mass is 15.3. The van der Waals surface area contributed by atoms with Gasteiger partial charge in [0.15, 0.2) is 0 Å². The van der Waals surface area contributed by atoms with Crippen LogP contribution in [0.2, 0.25) is 0 Å². The Morgan fingerprint density at radius 2 is 1.81 bits per heavy atom. The maximum absolute atomic E-state index is 6.75. The first kappa shape index (κ1) is 21.6. The summed E-state index contributed by atoms with van der Waals surface area (Å²) in [6.07, 6.45) is 8.23. The van der Waals surface area contributed by atoms with Crippen LogP contribution in [0.1, 0.15) is 55.3 Å². The summed E-state index contributed by atoms with van der Waals surface area (Å²) >= 11 is 0. The van der Waals surface area contributed by atoms with Crippen molar-refractivity contribution in [3.8, 4) is 0 Å². The predicted octanol–water partition coefficient (Wildman–Crippen LogP) is 2.86. The molecule has 3 aliphatic heterocycles. The molecule has 5 rings (SSSR count). The molecule has 7 nitrogen and oxygen atoms in total. The maximum atomic E-state index is 6.75. The number of hydrogen-bond donors (Lipinski definition) is 3. The number of fused-ring (bicyclic) bond motifs is 1. The number of anilines is 2. The van der Waals surface area contributed by atoms with E-state index in [0.29, 0.717) is 0 Å². The van der Waals surface area contributed by atoms with E-state index in [4.69, 9.17) is 15.7 Å². The van der Waals surface area contributed by atoms with E-state index in [0.717, 1.165) is 70.3 Å². The van der Waals surface area contributed by atoms with Crippen LogP contribution in [0.15, 0.2) is 30.3 Å². The van der Waals surface area contributed by atoms with Gasteiger partial charge in [0.1, 0.15) is 5.82 Å². The summed E-state index contributed by atoms with van der Waals surface area (Å²) < 4.78 is 0. The molecule has 3 aliphatic rings. The average molecular weight is 436 g/mol. The predicted molar refractivity (Wildman–Crippen MR) is 130 cm³/mol. The van der Waals surface area contributed by atoms with Gasteiger partial charge in [-0.15, -0.1) is 0 Å². The second-order valence-corrected chi connectivity index (χ2v) is 9.46. The van der Waals surface area contributed by atoms with E-state index >= 15 is 0 Å². The molecule has 0 amide bonds. The van der Waals surface area contributed by atoms with Crippen molar-refractivity contribution in [2.24, 2.45) is 5.73 Å². The molecule has 4 heterocycles. The van der Waals surface area contributed by atoms with Crippen LogP contribution in [-0.4, -0.2) is 53.3 Å². The van der Waals surface area contributed by atoms with E-state index < -0.39 is 0 Å². The summed E-state index contributed by atoms with van der Waals surface area (Å²) in [5.41, 5.74) is 10.5. The fraction of sp³-hybridized carbons (Fsp3) is 0.600. The summed E-state index contributed by atoms with van der Waals surface area (Å²) in [4.78, 5) is 14.9. The van der Waals surface area contributed by atoms with Gasteiger partial charge < -0.3 is 21.3 Å². The summed E-state index contributed by atoms with van der Waals surface area (Å²) in [5.74, 6) is 1.89. The zero-order valence-corrected chi connectivity index (χ0v) is 19.1. The summed E-state index contributed by atoms with van der Waals surface area (Å²) in [5, 5.41) is 7.17. The first-order chi connectivity index (χ1) is 15.8. The van der Waals surface area contributed by atoms with Crippen LogP contribution in [-0.2, 0) is 19.5 Å². The van der Waals surface area contributed by atoms with E-state index in [1.807, 2.05) is 0 Å². The third-order valence-corrected chi connectivity index (χ3v) is 7.15. The number of hydrogen-bond acceptors (Lipinski definition) is 7. The molecule has 0 bridgehead atoms. The average Bonchev–Trinajstić information content (AvgIpc) is 3.11. The number of aromatic nitrogens is 2. The summed E-state index contributed by atoms with van der Waals surface area (Å²) in [7, 11) is 0. The highest BCUT2D eigenvalue weighted by Crippen LogP contribution is 2.28. The minimum absolute atomic E-state index is 0.0492. The van der Waals surface area contributed by atoms with Crippen molar-refractivity contribution < 1.29 is 0 Å². The molecule has 2 saturated heterocycles. The Balaban J connectivity index is 1.35. The van der Waals surface area contributed by atoms with E-state index in [-0.39, 0.29) is 12.2 Å². The van der Waals surface area contributed by atoms with E-state index in [1.54, 1.807) is 0 Å². The fourth-order valence-electron chi connectivity index (χ4n) is 5.35. The monoisotopic (exact) mass is 435 g/mol. The Labute approximate surface area is 191 Å². The number of benzene rings is 1. The fourth-order valence-corrected chi connectivity index (χ4v) is 5.35. The first-order valence-corrected chi connectivity index (χ1v) is 12.4. The minimum Gasteiger partial charge on any atom is -0.356 e. The Hall–Kier alpha value is -2.22. The van der Waals surface area contributed by atoms with Crippen molar-refractivity contribution >= 4 is 11.8 Å². The quantitative estimate of drug-likeness (QED) is 0.666. The van der Waals surface area contributed by atoms with Crippen molar-refractivity contribution in [3.05, 3.63) is 47.2 Å². The van der Waals surface area contributed by atoms with E-state index in [1.165, 1.54) is 42.5 Å². The van der Waals surface area contributed by atoms with Crippen LogP contribution in [0.3, 0.4) is 0 Å². The largest absolute Gasteiger partial charge is 0.356 e. The Morgan fingerprint density at radius 1 is 1.00 bits per heavy atom. The van der Waals surface area contributed by atoms with Gasteiger partial charge in [-0.25, -0.2) is 4.98 Å². The molecule has 0 radical (unpaired) electrons. The molecule has 0 saturated carbocycles. The third kappa shape index (κ3) is 4.90. The maximum Gasteiger partial charge on any atom is 0.225 e. The minimum atomic E-state index is -0.0492. The molecule has 2 fully saturated rings. The van der Waals surface area contributed by atoms with Gasteiger partial charge in [0, 0.05) is 51.3 Å². The van der Waals surface area contributed by atoms with Crippen LogP contribution in [0, 0.1) is 0 Å². The van der Waals surface area contributed by atoms with Gasteiger partial charge in [-0.1, -0.05) is 43.2 Å². The zero-order valence-electron chi connectivity index (χ0n) is 19.1. The zero-order chi connectivity index (χ0) is 21.8. The van der Waals surface area contributed by atoms with E-state index in [2.05, 4.69) is 50.8 Å². The van der Waals surface area contributed by atoms with Gasteiger partial charge in [0.25, 0.3) is 0 Å². The smallest absolute Gasteiger partial charge is 0.225 e. The Morgan fingerprint density at radius 3 is 2.62 bits per heavy atom. The SMILES string of the molecule is NC1C(Nc2nc3c(c(N4CCCCCC4)n2)CNCC3)CCCN1Cc1ccccc1. The van der Waals surface area contributed by atoms with Gasteiger partial charge in [-0.05, 0) is 31.2 Å². The molecule has 1 aromatic heterocycles. The number of rotatable bonds is 5. The molecule has 2 unspecified atom stereocenters. The topological polar surface area (TPSA) is 82.3 Å². The van der Waals surface area contributed by atoms with Crippen molar-refractivity contribution in [2.75, 3.05) is 36.4 Å². The third-order valence-electron chi connectivity index (χ3n) is 7.15. The number of nitrogens with two attached hydrogens (primary N) is 1. The van der Waals surface area contributed by atoms with Crippen LogP contribution in [0.5, 0.6) is 0 Å². The van der Waals surface area contributed by atoms with Crippen molar-refractivity contribution in [2.45, 2.75) is 70.2 Å². The molecule has 7 heteroatoms. The molecule has 2 atom stereocenters. The Kier molecular flexibility index (Phi) is 6.86. The van der Waals surface area contributed by atoms with Gasteiger partial charge in [0.05, 0.1) is 17.9 Å². The van der Waals surface area contributed by atoms with Gasteiger partial charge in [0.2, 0.25) is 5.95 Å². The molecular formula is C25H37N7. The second-order valence-electron chi connectivity index (χ2n) is 9.46. The highest BCUT2D eigenvalue weighted by molar-refractivity contribution is 5.54. The van der Waals surface area contributed by atoms with Gasteiger partial charge in [-0.2, -0.15) is 4.98 Å². The van der Waals surface area contributed by atoms with Crippen LogP contribution >= 0.6 is 0 Å². The lowest BCUT2D eigenvalue weighted by atomic mass is 10.0. The molecule has 0 aliphatic carbocycles. The van der Waals surface area contributed by atoms with Crippen LogP contribution < -0.4 is 21.3 Å². The molecule has 32 heavy (non-hydrogen) atoms. The number of nitrogens with one attached hydrogen (secondary N) is 2. The van der Waals surface area contributed by atoms with Crippen LogP contribution in [0.25, 0.3) is 0 Å². The van der Waals surface area contributed by atoms with Crippen molar-refractivity contribution in [1.82, 2.24) is 20.2 Å². The molecule has 172 valence electrons. The van der Waals surface area contributed by atoms with Gasteiger partial charge in [-0.3, -0.25) is 4.90 Å². The lowest BCUT2D eigenvalue weighted by Crippen LogP contribution is -2.56. The Bertz CT molecular complexity index is 879. The number of likely N-dealkylation sites (tertiary alicyclic amines) is 1. The van der Waals surface area contributed by atoms with Crippen molar-refractivity contribution in [1.29, 1.82) is 0 Å². The van der Waals surface area contributed by atoms with Crippen molar-refractivity contribution in [3.63, 3.8) is 0 Å². The molecule has 2 aromatic rings. The van der Waals surface area contributed by atoms with E-state index in [9.17, 15) is 0 Å². The number of nitrogens with zero attached hydrogens (tertiary/aromatic N) is 4. The molecule has 4 N–H and O–H groups in total. The lowest BCUT2D eigenvalue weighted by molar-refractivity contribution is 0.131. The van der Waals surface area contributed by atoms with Crippen LogP contribution in [0.4, 0.5) is 11.8 Å². The lowest BCUT2D eigenvalue weighted by Gasteiger charge is -2.39. The summed E-state index contributed by atoms with van der Waals surface area (Å²) in [6.45, 7) is 5.96. The second kappa shape index (κ2) is 10.1. The first-order valence-electron chi connectivity index (χ1n) is 12.4. The standard InChI is InChI=1S/C25H37N7/c26-23-22(11-8-16-32(23)18-19-9-4-3-5-10-19)29-25-28-21-12-13-27-17-20(21)24(30-25)31-14-6-1-2-7-15-31/h3-5,9-10,22-23,27H,1-2,6-8,11-18,26H2,(H,28,29,30). The normalized spacial score (nSPS) is 24.6. The highest BCUT2D eigenvalue weighted by Gasteiger charge is 2.30. The number of piperidine rings is 1.